The van der Waals surface area contributed by atoms with E-state index in [4.69, 9.17) is 16.3 Å². The molecule has 1 aromatic rings. The van der Waals surface area contributed by atoms with Crippen LogP contribution in [0.25, 0.3) is 0 Å². The van der Waals surface area contributed by atoms with E-state index in [9.17, 15) is 10.1 Å². The van der Waals surface area contributed by atoms with Crippen LogP contribution in [0.5, 0.6) is 0 Å². The molecule has 6 heteroatoms. The molecule has 2 atom stereocenters. The van der Waals surface area contributed by atoms with Crippen molar-refractivity contribution in [3.05, 3.63) is 33.3 Å². The average Bonchev–Trinajstić information content (AvgIpc) is 2.41. The minimum atomic E-state index is -0.420. The lowest BCUT2D eigenvalue weighted by Gasteiger charge is -2.32. The molecule has 1 N–H and O–H groups in total. The summed E-state index contributed by atoms with van der Waals surface area (Å²) in [5.41, 5.74) is 0.640. The number of ether oxygens (including phenoxy) is 1. The molecular weight excluding hydrogens is 268 g/mol. The zero-order valence-electron chi connectivity index (χ0n) is 10.8. The summed E-state index contributed by atoms with van der Waals surface area (Å²) in [7, 11) is 1.69. The Labute approximate surface area is 117 Å². The maximum atomic E-state index is 10.8. The first-order valence-corrected chi connectivity index (χ1v) is 6.73. The maximum absolute atomic E-state index is 10.8. The van der Waals surface area contributed by atoms with Crippen LogP contribution in [0.1, 0.15) is 25.7 Å². The van der Waals surface area contributed by atoms with E-state index in [-0.39, 0.29) is 17.8 Å². The summed E-state index contributed by atoms with van der Waals surface area (Å²) in [6, 6.07) is 4.58. The van der Waals surface area contributed by atoms with Crippen LogP contribution in [0.2, 0.25) is 5.02 Å². The van der Waals surface area contributed by atoms with Gasteiger partial charge in [-0.25, -0.2) is 0 Å². The van der Waals surface area contributed by atoms with Gasteiger partial charge in [-0.15, -0.1) is 0 Å². The molecule has 19 heavy (non-hydrogen) atoms. The second-order valence-corrected chi connectivity index (χ2v) is 5.14. The van der Waals surface area contributed by atoms with Gasteiger partial charge in [0.15, 0.2) is 0 Å². The van der Waals surface area contributed by atoms with Crippen molar-refractivity contribution in [1.82, 2.24) is 0 Å². The topological polar surface area (TPSA) is 64.4 Å². The molecule has 0 radical (unpaired) electrons. The van der Waals surface area contributed by atoms with Crippen molar-refractivity contribution >= 4 is 23.0 Å². The normalized spacial score (nSPS) is 23.1. The van der Waals surface area contributed by atoms with Gasteiger partial charge < -0.3 is 10.1 Å². The Morgan fingerprint density at radius 3 is 2.84 bits per heavy atom. The highest BCUT2D eigenvalue weighted by atomic mass is 35.5. The van der Waals surface area contributed by atoms with E-state index in [2.05, 4.69) is 5.32 Å². The molecule has 1 aliphatic carbocycles. The molecule has 1 aromatic carbocycles. The van der Waals surface area contributed by atoms with E-state index in [1.807, 2.05) is 0 Å². The van der Waals surface area contributed by atoms with Crippen molar-refractivity contribution in [3.8, 4) is 0 Å². The summed E-state index contributed by atoms with van der Waals surface area (Å²) >= 11 is 6.09. The Balaban J connectivity index is 2.17. The van der Waals surface area contributed by atoms with Gasteiger partial charge in [0.1, 0.15) is 0 Å². The first kappa shape index (κ1) is 14.1. The number of hydrogen-bond donors (Lipinski definition) is 1. The predicted molar refractivity (Wildman–Crippen MR) is 74.8 cm³/mol. The average molecular weight is 285 g/mol. The Kier molecular flexibility index (Phi) is 4.61. The molecule has 1 fully saturated rings. The van der Waals surface area contributed by atoms with Crippen molar-refractivity contribution in [2.24, 2.45) is 0 Å². The zero-order valence-corrected chi connectivity index (χ0v) is 11.5. The van der Waals surface area contributed by atoms with Crippen molar-refractivity contribution in [2.45, 2.75) is 37.8 Å². The molecule has 1 aliphatic rings. The van der Waals surface area contributed by atoms with Gasteiger partial charge >= 0.3 is 0 Å². The van der Waals surface area contributed by atoms with Crippen LogP contribution in [0.15, 0.2) is 18.2 Å². The third-order valence-corrected chi connectivity index (χ3v) is 3.84. The van der Waals surface area contributed by atoms with Crippen molar-refractivity contribution < 1.29 is 9.66 Å². The minimum absolute atomic E-state index is 0.0386. The number of non-ortho nitro benzene ring substituents is 1. The lowest BCUT2D eigenvalue weighted by atomic mass is 9.92. The highest BCUT2D eigenvalue weighted by molar-refractivity contribution is 6.33. The van der Waals surface area contributed by atoms with Crippen molar-refractivity contribution in [2.75, 3.05) is 12.4 Å². The zero-order chi connectivity index (χ0) is 13.8. The summed E-state index contributed by atoms with van der Waals surface area (Å²) in [5.74, 6) is 0. The van der Waals surface area contributed by atoms with E-state index in [1.54, 1.807) is 13.2 Å². The molecule has 0 spiro atoms. The Hall–Kier alpha value is -1.33. The third kappa shape index (κ3) is 3.36. The van der Waals surface area contributed by atoms with Gasteiger partial charge in [0.25, 0.3) is 5.69 Å². The molecule has 0 amide bonds. The van der Waals surface area contributed by atoms with Gasteiger partial charge in [-0.1, -0.05) is 24.4 Å². The monoisotopic (exact) mass is 284 g/mol. The second-order valence-electron chi connectivity index (χ2n) is 4.73. The van der Waals surface area contributed by atoms with Crippen LogP contribution in [0.4, 0.5) is 11.4 Å². The third-order valence-electron chi connectivity index (χ3n) is 3.51. The van der Waals surface area contributed by atoms with Gasteiger partial charge in [-0.05, 0) is 18.9 Å². The van der Waals surface area contributed by atoms with Crippen LogP contribution in [0, 0.1) is 10.1 Å². The molecule has 2 unspecified atom stereocenters. The lowest BCUT2D eigenvalue weighted by molar-refractivity contribution is -0.384. The summed E-state index contributed by atoms with van der Waals surface area (Å²) in [6.07, 6.45) is 4.39. The number of nitro groups is 1. The number of benzene rings is 1. The van der Waals surface area contributed by atoms with Crippen LogP contribution in [-0.4, -0.2) is 24.2 Å². The number of anilines is 1. The van der Waals surface area contributed by atoms with Crippen molar-refractivity contribution in [3.63, 3.8) is 0 Å². The highest BCUT2D eigenvalue weighted by Crippen LogP contribution is 2.30. The summed E-state index contributed by atoms with van der Waals surface area (Å²) in [4.78, 5) is 10.4. The van der Waals surface area contributed by atoms with Crippen LogP contribution < -0.4 is 5.32 Å². The number of nitrogens with zero attached hydrogens (tertiary/aromatic N) is 1. The SMILES string of the molecule is COC1CCCCC1Nc1cc([N+](=O)[O-])ccc1Cl. The van der Waals surface area contributed by atoms with Gasteiger partial charge in [0, 0.05) is 19.2 Å². The lowest BCUT2D eigenvalue weighted by Crippen LogP contribution is -2.37. The van der Waals surface area contributed by atoms with Crippen LogP contribution >= 0.6 is 11.6 Å². The molecule has 0 aliphatic heterocycles. The molecular formula is C13H17ClN2O3. The molecule has 5 nitrogen and oxygen atoms in total. The van der Waals surface area contributed by atoms with Gasteiger partial charge in [-0.2, -0.15) is 0 Å². The second kappa shape index (κ2) is 6.21. The Morgan fingerprint density at radius 2 is 2.16 bits per heavy atom. The van der Waals surface area contributed by atoms with E-state index >= 15 is 0 Å². The molecule has 0 bridgehead atoms. The molecule has 2 rings (SSSR count). The largest absolute Gasteiger partial charge is 0.379 e. The summed E-state index contributed by atoms with van der Waals surface area (Å²) in [5, 5.41) is 14.6. The first-order valence-electron chi connectivity index (χ1n) is 6.35. The molecule has 0 heterocycles. The van der Waals surface area contributed by atoms with Crippen molar-refractivity contribution in [1.29, 1.82) is 0 Å². The van der Waals surface area contributed by atoms with Crippen LogP contribution in [-0.2, 0) is 4.74 Å². The fourth-order valence-corrected chi connectivity index (χ4v) is 2.65. The van der Waals surface area contributed by atoms with Gasteiger partial charge in [0.05, 0.1) is 27.8 Å². The molecule has 0 aromatic heterocycles. The fourth-order valence-electron chi connectivity index (χ4n) is 2.48. The maximum Gasteiger partial charge on any atom is 0.271 e. The van der Waals surface area contributed by atoms with E-state index in [0.29, 0.717) is 10.7 Å². The number of methoxy groups -OCH3 is 1. The number of rotatable bonds is 4. The molecule has 0 saturated heterocycles. The van der Waals surface area contributed by atoms with Gasteiger partial charge in [-0.3, -0.25) is 10.1 Å². The Morgan fingerprint density at radius 1 is 1.42 bits per heavy atom. The number of halogens is 1. The number of nitro benzene ring substituents is 1. The first-order chi connectivity index (χ1) is 9.11. The number of hydrogen-bond acceptors (Lipinski definition) is 4. The van der Waals surface area contributed by atoms with E-state index in [1.165, 1.54) is 12.1 Å². The Bertz CT molecular complexity index is 467. The van der Waals surface area contributed by atoms with E-state index < -0.39 is 4.92 Å². The molecule has 104 valence electrons. The standard InChI is InChI=1S/C13H17ClN2O3/c1-19-13-5-3-2-4-11(13)15-12-8-9(16(17)18)6-7-10(12)14/h6-8,11,13,15H,2-5H2,1H3. The van der Waals surface area contributed by atoms with Gasteiger partial charge in [0.2, 0.25) is 0 Å². The minimum Gasteiger partial charge on any atom is -0.379 e. The summed E-state index contributed by atoms with van der Waals surface area (Å²) in [6.45, 7) is 0. The smallest absolute Gasteiger partial charge is 0.271 e. The molecule has 1 saturated carbocycles. The summed E-state index contributed by atoms with van der Waals surface area (Å²) < 4.78 is 5.45. The number of nitrogens with one attached hydrogen (secondary N) is 1. The van der Waals surface area contributed by atoms with Crippen LogP contribution in [0.3, 0.4) is 0 Å². The quantitative estimate of drug-likeness (QED) is 0.677. The fraction of sp³-hybridized carbons (Fsp3) is 0.538. The predicted octanol–water partition coefficient (Wildman–Crippen LogP) is 3.62. The van der Waals surface area contributed by atoms with E-state index in [0.717, 1.165) is 25.7 Å². The highest BCUT2D eigenvalue weighted by Gasteiger charge is 2.25.